The van der Waals surface area contributed by atoms with Gasteiger partial charge in [0.05, 0.1) is 6.07 Å². The van der Waals surface area contributed by atoms with E-state index in [9.17, 15) is 0 Å². The molecule has 0 bridgehead atoms. The fourth-order valence-electron chi connectivity index (χ4n) is 0.535. The lowest BCUT2D eigenvalue weighted by Crippen LogP contribution is -2.46. The molecule has 0 radical (unpaired) electrons. The van der Waals surface area contributed by atoms with Gasteiger partial charge in [0.1, 0.15) is 0 Å². The van der Waals surface area contributed by atoms with Crippen LogP contribution in [-0.2, 0) is 0 Å². The number of nitrogens with one attached hydrogen (secondary N) is 1. The Labute approximate surface area is 48.4 Å². The molecule has 2 heteroatoms. The van der Waals surface area contributed by atoms with Crippen LogP contribution in [-0.4, -0.2) is 0 Å². The molecule has 0 aliphatic rings. The summed E-state index contributed by atoms with van der Waals surface area (Å²) < 4.78 is 0. The second-order valence-electron chi connectivity index (χ2n) is 1.89. The summed E-state index contributed by atoms with van der Waals surface area (Å²) in [6.07, 6.45) is 1.93. The smallest absolute Gasteiger partial charge is 0.269 e. The lowest BCUT2D eigenvalue weighted by molar-refractivity contribution is -0.477. The van der Waals surface area contributed by atoms with Gasteiger partial charge >= 0.3 is 5.82 Å². The number of hydrogen-bond donors (Lipinski definition) is 1. The molecule has 0 fully saturated rings. The van der Waals surface area contributed by atoms with Crippen LogP contribution in [0.5, 0.6) is 0 Å². The summed E-state index contributed by atoms with van der Waals surface area (Å²) in [5.74, 6) is 0.954. The van der Waals surface area contributed by atoms with Gasteiger partial charge in [-0.25, -0.2) is 0 Å². The largest absolute Gasteiger partial charge is 0.362 e. The van der Waals surface area contributed by atoms with Crippen LogP contribution >= 0.6 is 0 Å². The first kappa shape index (κ1) is 5.25. The molecular formula is C6H10N2+2. The van der Waals surface area contributed by atoms with Crippen molar-refractivity contribution in [3.63, 3.8) is 0 Å². The summed E-state index contributed by atoms with van der Waals surface area (Å²) in [6, 6.07) is 3.98. The van der Waals surface area contributed by atoms with E-state index >= 15 is 0 Å². The Hall–Kier alpha value is -0.890. The molecule has 1 aromatic heterocycles. The van der Waals surface area contributed by atoms with Gasteiger partial charge in [-0.2, -0.15) is 4.98 Å². The number of H-pyrrole nitrogens is 1. The van der Waals surface area contributed by atoms with Crippen molar-refractivity contribution in [1.29, 1.82) is 0 Å². The molecule has 0 aliphatic heterocycles. The van der Waals surface area contributed by atoms with E-state index < -0.39 is 0 Å². The summed E-state index contributed by atoms with van der Waals surface area (Å²) in [5.41, 5.74) is 4.94. The quantitative estimate of drug-likeness (QED) is 0.475. The molecule has 1 rings (SSSR count). The number of aromatic amines is 1. The third-order valence-electron chi connectivity index (χ3n) is 1.03. The number of quaternary nitrogens is 1. The van der Waals surface area contributed by atoms with Crippen LogP contribution in [0.15, 0.2) is 18.3 Å². The van der Waals surface area contributed by atoms with Crippen molar-refractivity contribution >= 4 is 5.82 Å². The molecule has 4 N–H and O–H groups in total. The fourth-order valence-corrected chi connectivity index (χ4v) is 0.535. The third-order valence-corrected chi connectivity index (χ3v) is 1.03. The molecule has 42 valence electrons. The molecule has 0 unspecified atom stereocenters. The number of aromatic nitrogens is 1. The van der Waals surface area contributed by atoms with E-state index in [1.165, 1.54) is 5.56 Å². The van der Waals surface area contributed by atoms with Crippen molar-refractivity contribution in [2.45, 2.75) is 6.92 Å². The minimum atomic E-state index is 0.954. The first-order chi connectivity index (χ1) is 3.79. The molecule has 0 saturated carbocycles. The molecule has 1 heterocycles. The SMILES string of the molecule is Cc1ccc([NH3+])[nH+]c1. The topological polar surface area (TPSA) is 41.8 Å². The molecule has 0 saturated heterocycles. The molecule has 0 atom stereocenters. The minimum absolute atomic E-state index is 0.954. The van der Waals surface area contributed by atoms with Gasteiger partial charge in [0.25, 0.3) is 0 Å². The van der Waals surface area contributed by atoms with Crippen LogP contribution in [0, 0.1) is 6.92 Å². The molecule has 8 heavy (non-hydrogen) atoms. The van der Waals surface area contributed by atoms with Crippen molar-refractivity contribution in [2.24, 2.45) is 0 Å². The standard InChI is InChI=1S/C6H8N2/c1-5-2-3-6(7)8-4-5/h2-4H,1H3,(H2,7,8)/p+2. The number of hydrogen-bond acceptors (Lipinski definition) is 0. The van der Waals surface area contributed by atoms with Gasteiger partial charge in [0.15, 0.2) is 6.20 Å². The Kier molecular flexibility index (Phi) is 1.26. The van der Waals surface area contributed by atoms with Crippen molar-refractivity contribution < 1.29 is 10.7 Å². The number of aryl methyl sites for hydroxylation is 1. The average molecular weight is 110 g/mol. The zero-order chi connectivity index (χ0) is 5.98. The molecule has 0 aliphatic carbocycles. The highest BCUT2D eigenvalue weighted by atomic mass is 14.8. The van der Waals surface area contributed by atoms with Crippen molar-refractivity contribution in [3.05, 3.63) is 23.9 Å². The van der Waals surface area contributed by atoms with Gasteiger partial charge < -0.3 is 0 Å². The Morgan fingerprint density at radius 2 is 2.25 bits per heavy atom. The van der Waals surface area contributed by atoms with E-state index in [4.69, 9.17) is 0 Å². The molecule has 0 aromatic carbocycles. The summed E-state index contributed by atoms with van der Waals surface area (Å²) in [4.78, 5) is 2.99. The van der Waals surface area contributed by atoms with Crippen LogP contribution in [0.25, 0.3) is 0 Å². The van der Waals surface area contributed by atoms with Crippen LogP contribution in [0.3, 0.4) is 0 Å². The van der Waals surface area contributed by atoms with Crippen LogP contribution in [0.4, 0.5) is 5.82 Å². The zero-order valence-electron chi connectivity index (χ0n) is 4.94. The molecular weight excluding hydrogens is 100 g/mol. The van der Waals surface area contributed by atoms with Gasteiger partial charge in [-0.15, -0.1) is 0 Å². The van der Waals surface area contributed by atoms with Crippen molar-refractivity contribution in [3.8, 4) is 0 Å². The molecule has 0 amide bonds. The van der Waals surface area contributed by atoms with Gasteiger partial charge in [-0.05, 0) is 13.0 Å². The Morgan fingerprint density at radius 3 is 2.62 bits per heavy atom. The van der Waals surface area contributed by atoms with Crippen molar-refractivity contribution in [1.82, 2.24) is 0 Å². The second kappa shape index (κ2) is 1.92. The van der Waals surface area contributed by atoms with E-state index in [2.05, 4.69) is 10.7 Å². The number of rotatable bonds is 0. The average Bonchev–Trinajstić information content (AvgIpc) is 1.77. The van der Waals surface area contributed by atoms with Gasteiger partial charge in [0, 0.05) is 5.56 Å². The summed E-state index contributed by atoms with van der Waals surface area (Å²) in [6.45, 7) is 2.04. The molecule has 1 aromatic rings. The predicted octanol–water partition coefficient (Wildman–Crippen LogP) is -0.317. The van der Waals surface area contributed by atoms with E-state index in [-0.39, 0.29) is 0 Å². The van der Waals surface area contributed by atoms with E-state index in [0.29, 0.717) is 0 Å². The predicted molar refractivity (Wildman–Crippen MR) is 30.3 cm³/mol. The van der Waals surface area contributed by atoms with E-state index in [1.54, 1.807) is 0 Å². The Bertz CT molecular complexity index is 145. The van der Waals surface area contributed by atoms with E-state index in [0.717, 1.165) is 5.82 Å². The van der Waals surface area contributed by atoms with Crippen LogP contribution < -0.4 is 10.7 Å². The Balaban J connectivity index is 3.03. The highest BCUT2D eigenvalue weighted by molar-refractivity contribution is 5.12. The zero-order valence-corrected chi connectivity index (χ0v) is 4.94. The maximum absolute atomic E-state index is 3.71. The highest BCUT2D eigenvalue weighted by Crippen LogP contribution is 1.90. The van der Waals surface area contributed by atoms with Crippen LogP contribution in [0.2, 0.25) is 0 Å². The Morgan fingerprint density at radius 1 is 1.50 bits per heavy atom. The van der Waals surface area contributed by atoms with Gasteiger partial charge in [0.2, 0.25) is 0 Å². The molecule has 2 nitrogen and oxygen atoms in total. The second-order valence-corrected chi connectivity index (χ2v) is 1.89. The van der Waals surface area contributed by atoms with Crippen molar-refractivity contribution in [2.75, 3.05) is 0 Å². The summed E-state index contributed by atoms with van der Waals surface area (Å²) in [7, 11) is 0. The van der Waals surface area contributed by atoms with E-state index in [1.807, 2.05) is 25.3 Å². The van der Waals surface area contributed by atoms with Crippen LogP contribution in [0.1, 0.15) is 5.56 Å². The lowest BCUT2D eigenvalue weighted by Gasteiger charge is -1.79. The fraction of sp³-hybridized carbons (Fsp3) is 0.167. The maximum Gasteiger partial charge on any atom is 0.362 e. The summed E-state index contributed by atoms with van der Waals surface area (Å²) in [5, 5.41) is 0. The highest BCUT2D eigenvalue weighted by Gasteiger charge is 1.92. The summed E-state index contributed by atoms with van der Waals surface area (Å²) >= 11 is 0. The third kappa shape index (κ3) is 1.04. The first-order valence-electron chi connectivity index (χ1n) is 2.59. The van der Waals surface area contributed by atoms with Gasteiger partial charge in [-0.3, -0.25) is 5.73 Å². The normalized spacial score (nSPS) is 9.25. The minimum Gasteiger partial charge on any atom is -0.269 e. The monoisotopic (exact) mass is 110 g/mol. The van der Waals surface area contributed by atoms with Gasteiger partial charge in [-0.1, -0.05) is 0 Å². The number of pyridine rings is 1. The first-order valence-corrected chi connectivity index (χ1v) is 2.59. The maximum atomic E-state index is 3.71. The lowest BCUT2D eigenvalue weighted by atomic mass is 10.3. The molecule has 0 spiro atoms.